The second kappa shape index (κ2) is 44.5. The summed E-state index contributed by atoms with van der Waals surface area (Å²) in [7, 11) is 0. The molecule has 5 amide bonds. The lowest BCUT2D eigenvalue weighted by molar-refractivity contribution is 0.0939. The SMILES string of the molecule is Cc1cc(O)c(C(=O)NCCc2ccc(Oc3cccc(-c4ccncc4)c3)cc2)c(O)c1.O=C(NC1CC1)c1cccc(Oc2ccc(CCNC(=O)c3c(O)cc(O)cc3O)cc2)c1.O=C(NCCc1ccc(Oc2ccc(-c3cccnc3)cc2)cc1)c1c(O)cc(O)cc1O.O=C(NCCc1ccc(Oc2ccc(-c3ccncc3)cc2)cc1)c1c(O)cc(O)cc1O. The van der Waals surface area contributed by atoms with E-state index in [1.807, 2.05) is 200 Å². The van der Waals surface area contributed by atoms with Gasteiger partial charge in [0.2, 0.25) is 0 Å². The number of hydrogen-bond donors (Lipinski definition) is 16. The predicted molar refractivity (Wildman–Crippen MR) is 495 cm³/mol. The Morgan fingerprint density at radius 2 is 0.568 bits per heavy atom. The molecule has 3 heterocycles. The van der Waals surface area contributed by atoms with Gasteiger partial charge in [-0.2, -0.15) is 0 Å². The molecule has 0 radical (unpaired) electrons. The molecule has 1 saturated carbocycles. The van der Waals surface area contributed by atoms with Crippen molar-refractivity contribution in [1.82, 2.24) is 41.5 Å². The third-order valence-electron chi connectivity index (χ3n) is 20.4. The van der Waals surface area contributed by atoms with Crippen molar-refractivity contribution in [3.63, 3.8) is 0 Å². The van der Waals surface area contributed by atoms with E-state index < -0.39 is 58.1 Å². The number of rotatable bonds is 29. The number of phenols is 11. The molecule has 12 aromatic carbocycles. The van der Waals surface area contributed by atoms with Crippen molar-refractivity contribution in [2.75, 3.05) is 26.2 Å². The van der Waals surface area contributed by atoms with Crippen LogP contribution in [0.25, 0.3) is 33.4 Å². The topological polar surface area (TPSA) is 444 Å². The second-order valence-corrected chi connectivity index (χ2v) is 30.3. The maximum absolute atomic E-state index is 12.3. The average Bonchev–Trinajstić information content (AvgIpc) is 1.14. The zero-order valence-corrected chi connectivity index (χ0v) is 71.1. The molecule has 3 aromatic heterocycles. The van der Waals surface area contributed by atoms with E-state index in [1.165, 1.54) is 12.1 Å². The minimum atomic E-state index is -0.643. The summed E-state index contributed by atoms with van der Waals surface area (Å²) >= 11 is 0. The Morgan fingerprint density at radius 3 is 0.902 bits per heavy atom. The van der Waals surface area contributed by atoms with Gasteiger partial charge in [0, 0.05) is 111 Å². The van der Waals surface area contributed by atoms with Crippen molar-refractivity contribution < 1.29 is 99.1 Å². The summed E-state index contributed by atoms with van der Waals surface area (Å²) in [5.74, 6) is -1.46. The predicted octanol–water partition coefficient (Wildman–Crippen LogP) is 18.0. The molecule has 0 atom stereocenters. The highest BCUT2D eigenvalue weighted by Gasteiger charge is 2.25. The van der Waals surface area contributed by atoms with E-state index in [1.54, 1.807) is 74.3 Å². The van der Waals surface area contributed by atoms with Gasteiger partial charge in [0.15, 0.2) is 0 Å². The van der Waals surface area contributed by atoms with E-state index in [9.17, 15) is 80.1 Å². The summed E-state index contributed by atoms with van der Waals surface area (Å²) in [6.07, 6.45) is 14.8. The lowest BCUT2D eigenvalue weighted by Crippen LogP contribution is -2.25. The van der Waals surface area contributed by atoms with Gasteiger partial charge in [0.1, 0.15) is 131 Å². The lowest BCUT2D eigenvalue weighted by atomic mass is 10.1. The Morgan fingerprint density at radius 1 is 0.280 bits per heavy atom. The summed E-state index contributed by atoms with van der Waals surface area (Å²) in [6.45, 7) is 2.97. The molecule has 0 spiro atoms. The van der Waals surface area contributed by atoms with Crippen LogP contribution in [0.15, 0.2) is 316 Å². The highest BCUT2D eigenvalue weighted by Crippen LogP contribution is 2.38. The van der Waals surface area contributed by atoms with E-state index in [0.717, 1.165) is 122 Å². The van der Waals surface area contributed by atoms with Gasteiger partial charge in [-0.15, -0.1) is 0 Å². The van der Waals surface area contributed by atoms with Crippen molar-refractivity contribution in [2.24, 2.45) is 0 Å². The van der Waals surface area contributed by atoms with Crippen LogP contribution in [0.5, 0.6) is 109 Å². The summed E-state index contributed by atoms with van der Waals surface area (Å²) in [5, 5.41) is 120. The third kappa shape index (κ3) is 26.5. The van der Waals surface area contributed by atoms with Crippen LogP contribution >= 0.6 is 0 Å². The molecule has 16 rings (SSSR count). The van der Waals surface area contributed by atoms with Gasteiger partial charge in [-0.25, -0.2) is 0 Å². The molecule has 132 heavy (non-hydrogen) atoms. The molecule has 28 nitrogen and oxygen atoms in total. The number of aromatic nitrogens is 3. The number of pyridine rings is 3. The third-order valence-corrected chi connectivity index (χ3v) is 20.4. The van der Waals surface area contributed by atoms with Crippen LogP contribution in [0, 0.1) is 6.92 Å². The number of aromatic hydroxyl groups is 11. The number of carbonyl (C=O) groups is 5. The first-order chi connectivity index (χ1) is 63.9. The number of nitrogens with zero attached hydrogens (tertiary/aromatic N) is 3. The van der Waals surface area contributed by atoms with E-state index >= 15 is 0 Å². The van der Waals surface area contributed by atoms with Crippen LogP contribution in [0.3, 0.4) is 0 Å². The molecular formula is C104H92N8O20. The van der Waals surface area contributed by atoms with Crippen molar-refractivity contribution in [3.05, 3.63) is 372 Å². The number of hydrogen-bond acceptors (Lipinski definition) is 23. The lowest BCUT2D eigenvalue weighted by Gasteiger charge is -2.10. The van der Waals surface area contributed by atoms with Crippen LogP contribution in [-0.4, -0.2) is 133 Å². The number of nitrogens with one attached hydrogen (secondary N) is 5. The summed E-state index contributed by atoms with van der Waals surface area (Å²) in [4.78, 5) is 73.4. The fourth-order valence-corrected chi connectivity index (χ4v) is 13.5. The Kier molecular flexibility index (Phi) is 31.1. The molecule has 668 valence electrons. The fraction of sp³-hybridized carbons (Fsp3) is 0.115. The minimum Gasteiger partial charge on any atom is -0.508 e. The number of amides is 5. The second-order valence-electron chi connectivity index (χ2n) is 30.3. The van der Waals surface area contributed by atoms with Crippen molar-refractivity contribution in [3.8, 4) is 143 Å². The van der Waals surface area contributed by atoms with Crippen LogP contribution in [-0.2, 0) is 25.7 Å². The van der Waals surface area contributed by atoms with Crippen molar-refractivity contribution in [1.29, 1.82) is 0 Å². The molecule has 1 aliphatic rings. The van der Waals surface area contributed by atoms with Crippen LogP contribution in [0.4, 0.5) is 0 Å². The fourth-order valence-electron chi connectivity index (χ4n) is 13.5. The highest BCUT2D eigenvalue weighted by atomic mass is 16.5. The molecule has 16 N–H and O–H groups in total. The number of carbonyl (C=O) groups excluding carboxylic acids is 5. The molecule has 0 saturated heterocycles. The summed E-state index contributed by atoms with van der Waals surface area (Å²) < 4.78 is 23.6. The van der Waals surface area contributed by atoms with Gasteiger partial charge in [0.05, 0.1) is 0 Å². The Labute approximate surface area is 758 Å². The summed E-state index contributed by atoms with van der Waals surface area (Å²) in [6, 6.07) is 81.3. The van der Waals surface area contributed by atoms with Gasteiger partial charge >= 0.3 is 0 Å². The number of benzene rings is 12. The van der Waals surface area contributed by atoms with Gasteiger partial charge in [-0.3, -0.25) is 38.9 Å². The standard InChI is InChI=1S/C27H24N2O4.2C26H22N2O5.C25H24N2O6/c1-18-15-24(30)26(25(31)16-18)27(32)29-14-9-19-5-7-22(8-6-19)33-23-4-2-3-21(17-23)20-10-12-28-13-11-20;29-20-15-23(30)25(24(31)16-20)26(32)28-14-9-17-1-5-21(6-2-17)33-22-7-3-18(4-8-22)19-10-12-27-13-11-19;29-20-14-23(30)25(24(31)15-20)26(32)28-13-11-17-3-7-21(8-4-17)33-22-9-5-18(6-10-22)19-2-1-12-27-16-19;28-18-13-21(29)23(22(30)14-18)25(32)26-11-10-15-4-8-19(9-5-15)33-20-3-1-2-16(12-20)24(31)27-17-6-7-17/h2-8,10-13,15-17,30-31H,9,14H2,1H3,(H,29,32);1-8,10-13,15-16,29-31H,9,14H2,(H,28,32);1-10,12,14-16,29-31H,11,13H2,(H,28,32);1-5,8-9,12-14,17,28-30H,6-7,10-11H2,(H,26,32)(H,27,31). The number of phenolic OH excluding ortho intramolecular Hbond substituents is 11. The zero-order chi connectivity index (χ0) is 93.0. The first kappa shape index (κ1) is 92.1. The monoisotopic (exact) mass is 1770 g/mol. The molecule has 1 fully saturated rings. The maximum Gasteiger partial charge on any atom is 0.258 e. The summed E-state index contributed by atoms with van der Waals surface area (Å²) in [5.41, 5.74) is 10.6. The maximum atomic E-state index is 12.3. The van der Waals surface area contributed by atoms with Crippen LogP contribution < -0.4 is 45.5 Å². The molecule has 28 heteroatoms. The van der Waals surface area contributed by atoms with Crippen LogP contribution in [0.1, 0.15) is 92.4 Å². The van der Waals surface area contributed by atoms with Crippen molar-refractivity contribution in [2.45, 2.75) is 51.5 Å². The van der Waals surface area contributed by atoms with E-state index in [0.29, 0.717) is 85.2 Å². The zero-order valence-electron chi connectivity index (χ0n) is 71.1. The van der Waals surface area contributed by atoms with Gasteiger partial charge in [0.25, 0.3) is 29.5 Å². The average molecular weight is 1770 g/mol. The Hall–Kier alpha value is -17.6. The smallest absolute Gasteiger partial charge is 0.258 e. The first-order valence-electron chi connectivity index (χ1n) is 41.8. The number of ether oxygens (including phenoxy) is 4. The first-order valence-corrected chi connectivity index (χ1v) is 41.8. The minimum absolute atomic E-state index is 0.103. The molecule has 15 aromatic rings. The highest BCUT2D eigenvalue weighted by molar-refractivity contribution is 6.02. The quantitative estimate of drug-likeness (QED) is 0.0207. The van der Waals surface area contributed by atoms with Gasteiger partial charge in [-0.05, 0) is 252 Å². The number of aryl methyl sites for hydroxylation is 1. The Balaban J connectivity index is 0.000000150. The molecular weight excluding hydrogens is 1680 g/mol. The normalized spacial score (nSPS) is 11.1. The van der Waals surface area contributed by atoms with E-state index in [-0.39, 0.29) is 69.5 Å². The molecule has 0 bridgehead atoms. The Bertz CT molecular complexity index is 6190. The van der Waals surface area contributed by atoms with E-state index in [2.05, 4.69) is 41.5 Å². The van der Waals surface area contributed by atoms with Crippen LogP contribution in [0.2, 0.25) is 0 Å². The largest absolute Gasteiger partial charge is 0.508 e. The van der Waals surface area contributed by atoms with E-state index in [4.69, 9.17) is 18.9 Å². The molecule has 1 aliphatic carbocycles. The van der Waals surface area contributed by atoms with Gasteiger partial charge < -0.3 is 102 Å². The molecule has 0 aliphatic heterocycles. The van der Waals surface area contributed by atoms with Crippen molar-refractivity contribution >= 4 is 29.5 Å². The molecule has 0 unspecified atom stereocenters. The van der Waals surface area contributed by atoms with Gasteiger partial charge in [-0.1, -0.05) is 97.1 Å².